The summed E-state index contributed by atoms with van der Waals surface area (Å²) in [7, 11) is 1.64. The van der Waals surface area contributed by atoms with Gasteiger partial charge in [-0.05, 0) is 30.3 Å². The fourth-order valence-electron chi connectivity index (χ4n) is 1.42. The van der Waals surface area contributed by atoms with Gasteiger partial charge >= 0.3 is 0 Å². The first kappa shape index (κ1) is 11.2. The lowest BCUT2D eigenvalue weighted by Gasteiger charge is -2.06. The van der Waals surface area contributed by atoms with E-state index < -0.39 is 0 Å². The lowest BCUT2D eigenvalue weighted by molar-refractivity contribution is 0.416. The third kappa shape index (κ3) is 2.11. The number of ether oxygens (including phenoxy) is 1. The van der Waals surface area contributed by atoms with Gasteiger partial charge in [-0.15, -0.1) is 11.3 Å². The van der Waals surface area contributed by atoms with Crippen molar-refractivity contribution in [3.8, 4) is 22.3 Å². The van der Waals surface area contributed by atoms with Gasteiger partial charge in [0, 0.05) is 14.9 Å². The van der Waals surface area contributed by atoms with Crippen LogP contribution in [0.2, 0.25) is 0 Å². The maximum atomic E-state index is 8.80. The summed E-state index contributed by atoms with van der Waals surface area (Å²) in [5.41, 5.74) is 1.00. The smallest absolute Gasteiger partial charge is 0.127 e. The van der Waals surface area contributed by atoms with Crippen LogP contribution < -0.4 is 4.74 Å². The van der Waals surface area contributed by atoms with Gasteiger partial charge in [0.15, 0.2) is 0 Å². The first-order valence-electron chi connectivity index (χ1n) is 4.58. The molecule has 0 unspecified atom stereocenters. The third-order valence-corrected chi connectivity index (χ3v) is 3.66. The summed E-state index contributed by atoms with van der Waals surface area (Å²) in [6.45, 7) is 0. The number of hydrogen-bond donors (Lipinski definition) is 0. The Morgan fingerprint density at radius 2 is 2.12 bits per heavy atom. The minimum absolute atomic E-state index is 0.706. The maximum absolute atomic E-state index is 8.80. The Bertz CT molecular complexity index is 556. The second kappa shape index (κ2) is 4.69. The molecule has 4 heteroatoms. The number of hydrogen-bond acceptors (Lipinski definition) is 3. The molecule has 1 heterocycles. The molecule has 16 heavy (non-hydrogen) atoms. The zero-order chi connectivity index (χ0) is 11.5. The molecule has 0 radical (unpaired) electrons. The number of halogens is 1. The molecule has 2 nitrogen and oxygen atoms in total. The van der Waals surface area contributed by atoms with Crippen LogP contribution in [0.1, 0.15) is 4.88 Å². The Balaban J connectivity index is 2.54. The van der Waals surface area contributed by atoms with Crippen molar-refractivity contribution >= 4 is 27.3 Å². The second-order valence-electron chi connectivity index (χ2n) is 3.12. The van der Waals surface area contributed by atoms with Crippen LogP contribution in [0.5, 0.6) is 5.75 Å². The van der Waals surface area contributed by atoms with E-state index in [9.17, 15) is 0 Å². The predicted octanol–water partition coefficient (Wildman–Crippen LogP) is 4.06. The van der Waals surface area contributed by atoms with Crippen LogP contribution in [0.15, 0.2) is 34.8 Å². The molecule has 0 aliphatic carbocycles. The molecule has 1 aromatic carbocycles. The number of thiophene rings is 1. The van der Waals surface area contributed by atoms with Crippen LogP contribution in [-0.4, -0.2) is 7.11 Å². The Kier molecular flexibility index (Phi) is 3.28. The molecular formula is C12H8BrNOS. The van der Waals surface area contributed by atoms with Crippen molar-refractivity contribution in [2.24, 2.45) is 0 Å². The molecule has 0 aliphatic heterocycles. The van der Waals surface area contributed by atoms with E-state index in [1.807, 2.05) is 30.3 Å². The fourth-order valence-corrected chi connectivity index (χ4v) is 2.60. The largest absolute Gasteiger partial charge is 0.496 e. The molecule has 0 amide bonds. The van der Waals surface area contributed by atoms with E-state index in [1.165, 1.54) is 11.3 Å². The molecule has 0 N–H and O–H groups in total. The predicted molar refractivity (Wildman–Crippen MR) is 68.7 cm³/mol. The first-order chi connectivity index (χ1) is 7.74. The van der Waals surface area contributed by atoms with Crippen molar-refractivity contribution in [2.75, 3.05) is 7.11 Å². The molecule has 0 saturated heterocycles. The summed E-state index contributed by atoms with van der Waals surface area (Å²) in [6.07, 6.45) is 0. The van der Waals surface area contributed by atoms with Crippen molar-refractivity contribution in [1.82, 2.24) is 0 Å². The van der Waals surface area contributed by atoms with Crippen LogP contribution in [0.4, 0.5) is 0 Å². The standard InChI is InChI=1S/C12H8BrNOS/c1-15-11-4-2-8(13)6-10(11)12-5-3-9(7-14)16-12/h2-6H,1H3. The van der Waals surface area contributed by atoms with E-state index in [-0.39, 0.29) is 0 Å². The molecule has 2 aromatic rings. The first-order valence-corrected chi connectivity index (χ1v) is 6.19. The highest BCUT2D eigenvalue weighted by atomic mass is 79.9. The fraction of sp³-hybridized carbons (Fsp3) is 0.0833. The van der Waals surface area contributed by atoms with Gasteiger partial charge in [-0.1, -0.05) is 15.9 Å². The van der Waals surface area contributed by atoms with E-state index in [0.717, 1.165) is 20.7 Å². The van der Waals surface area contributed by atoms with E-state index in [2.05, 4.69) is 22.0 Å². The van der Waals surface area contributed by atoms with Crippen molar-refractivity contribution in [2.45, 2.75) is 0 Å². The second-order valence-corrected chi connectivity index (χ2v) is 5.12. The van der Waals surface area contributed by atoms with Crippen molar-refractivity contribution < 1.29 is 4.74 Å². The molecule has 80 valence electrons. The van der Waals surface area contributed by atoms with Gasteiger partial charge in [-0.3, -0.25) is 0 Å². The van der Waals surface area contributed by atoms with E-state index >= 15 is 0 Å². The van der Waals surface area contributed by atoms with Crippen LogP contribution >= 0.6 is 27.3 Å². The highest BCUT2D eigenvalue weighted by molar-refractivity contribution is 9.10. The summed E-state index contributed by atoms with van der Waals surface area (Å²) in [6, 6.07) is 11.7. The zero-order valence-electron chi connectivity index (χ0n) is 8.53. The SMILES string of the molecule is COc1ccc(Br)cc1-c1ccc(C#N)s1. The van der Waals surface area contributed by atoms with Crippen molar-refractivity contribution in [3.05, 3.63) is 39.7 Å². The molecule has 0 fully saturated rings. The molecule has 0 atom stereocenters. The summed E-state index contributed by atoms with van der Waals surface area (Å²) in [5.74, 6) is 0.814. The maximum Gasteiger partial charge on any atom is 0.127 e. The number of methoxy groups -OCH3 is 1. The summed E-state index contributed by atoms with van der Waals surface area (Å²) in [4.78, 5) is 1.74. The highest BCUT2D eigenvalue weighted by Crippen LogP contribution is 2.36. The Labute approximate surface area is 106 Å². The topological polar surface area (TPSA) is 33.0 Å². The Morgan fingerprint density at radius 1 is 1.31 bits per heavy atom. The highest BCUT2D eigenvalue weighted by Gasteiger charge is 2.09. The monoisotopic (exact) mass is 293 g/mol. The lowest BCUT2D eigenvalue weighted by atomic mass is 10.1. The zero-order valence-corrected chi connectivity index (χ0v) is 10.9. The number of nitrogens with zero attached hydrogens (tertiary/aromatic N) is 1. The number of rotatable bonds is 2. The molecule has 0 spiro atoms. The summed E-state index contributed by atoms with van der Waals surface area (Å²) < 4.78 is 6.30. The van der Waals surface area contributed by atoms with E-state index in [1.54, 1.807) is 7.11 Å². The van der Waals surface area contributed by atoms with Crippen LogP contribution in [0.25, 0.3) is 10.4 Å². The van der Waals surface area contributed by atoms with E-state index in [0.29, 0.717) is 4.88 Å². The van der Waals surface area contributed by atoms with Gasteiger partial charge in [-0.25, -0.2) is 0 Å². The van der Waals surface area contributed by atoms with Gasteiger partial charge in [0.05, 0.1) is 7.11 Å². The Morgan fingerprint density at radius 3 is 2.75 bits per heavy atom. The normalized spacial score (nSPS) is 9.81. The number of nitriles is 1. The summed E-state index contributed by atoms with van der Waals surface area (Å²) in [5, 5.41) is 8.80. The summed E-state index contributed by atoms with van der Waals surface area (Å²) >= 11 is 4.89. The number of benzene rings is 1. The minimum Gasteiger partial charge on any atom is -0.496 e. The van der Waals surface area contributed by atoms with Gasteiger partial charge in [0.2, 0.25) is 0 Å². The lowest BCUT2D eigenvalue weighted by Crippen LogP contribution is -1.85. The molecule has 0 bridgehead atoms. The molecule has 0 aliphatic rings. The molecule has 0 saturated carbocycles. The van der Waals surface area contributed by atoms with Gasteiger partial charge in [-0.2, -0.15) is 5.26 Å². The minimum atomic E-state index is 0.706. The molecule has 1 aromatic heterocycles. The average Bonchev–Trinajstić information content (AvgIpc) is 2.77. The van der Waals surface area contributed by atoms with E-state index in [4.69, 9.17) is 10.00 Å². The van der Waals surface area contributed by atoms with Crippen molar-refractivity contribution in [1.29, 1.82) is 5.26 Å². The van der Waals surface area contributed by atoms with Gasteiger partial charge < -0.3 is 4.74 Å². The average molecular weight is 294 g/mol. The third-order valence-electron chi connectivity index (χ3n) is 2.14. The molecular weight excluding hydrogens is 286 g/mol. The van der Waals surface area contributed by atoms with Crippen molar-refractivity contribution in [3.63, 3.8) is 0 Å². The van der Waals surface area contributed by atoms with Crippen LogP contribution in [0.3, 0.4) is 0 Å². The Hall–Kier alpha value is -1.31. The van der Waals surface area contributed by atoms with Gasteiger partial charge in [0.1, 0.15) is 16.7 Å². The van der Waals surface area contributed by atoms with Crippen LogP contribution in [0, 0.1) is 11.3 Å². The van der Waals surface area contributed by atoms with Crippen LogP contribution in [-0.2, 0) is 0 Å². The quantitative estimate of drug-likeness (QED) is 0.837. The van der Waals surface area contributed by atoms with Gasteiger partial charge in [0.25, 0.3) is 0 Å². The molecule has 2 rings (SSSR count).